The van der Waals surface area contributed by atoms with E-state index >= 15 is 0 Å². The predicted octanol–water partition coefficient (Wildman–Crippen LogP) is 4.86. The summed E-state index contributed by atoms with van der Waals surface area (Å²) in [6.07, 6.45) is 2.21. The van der Waals surface area contributed by atoms with Gasteiger partial charge in [-0.15, -0.1) is 0 Å². The van der Waals surface area contributed by atoms with Gasteiger partial charge in [0.05, 0.1) is 0 Å². The smallest absolute Gasteiger partial charge is 0.170 e. The van der Waals surface area contributed by atoms with Crippen LogP contribution in [-0.4, -0.2) is 11.7 Å². The van der Waals surface area contributed by atoms with Crippen LogP contribution >= 0.6 is 12.2 Å². The number of nitrogens with one attached hydrogen (secondary N) is 2. The first-order valence-corrected chi connectivity index (χ1v) is 8.64. The maximum atomic E-state index is 5.43. The van der Waals surface area contributed by atoms with E-state index in [1.807, 2.05) is 0 Å². The number of thiocarbonyl (C=S) groups is 1. The molecular weight excluding hydrogens is 300 g/mol. The molecule has 0 radical (unpaired) electrons. The number of aryl methyl sites for hydroxylation is 2. The number of hydrogen-bond donors (Lipinski definition) is 2. The van der Waals surface area contributed by atoms with Crippen LogP contribution in [-0.2, 0) is 6.42 Å². The fourth-order valence-corrected chi connectivity index (χ4v) is 2.97. The molecule has 0 saturated heterocycles. The Bertz CT molecular complexity index is 617. The molecule has 2 aromatic rings. The molecule has 0 saturated carbocycles. The standard InChI is InChI=1S/C20H26N2S/c1-4-17(13-18-8-6-5-7-9-18)14-21-20(23)22-19-11-15(2)10-16(3)12-19/h5-12,17H,4,13-14H2,1-3H3,(H2,21,22,23)/t17-/m1/s1. The lowest BCUT2D eigenvalue weighted by Gasteiger charge is -2.18. The number of benzene rings is 2. The summed E-state index contributed by atoms with van der Waals surface area (Å²) in [7, 11) is 0. The van der Waals surface area contributed by atoms with Crippen LogP contribution in [0.5, 0.6) is 0 Å². The second kappa shape index (κ2) is 8.68. The lowest BCUT2D eigenvalue weighted by molar-refractivity contribution is 0.498. The van der Waals surface area contributed by atoms with Gasteiger partial charge < -0.3 is 10.6 Å². The van der Waals surface area contributed by atoms with Crippen LogP contribution in [0.4, 0.5) is 5.69 Å². The summed E-state index contributed by atoms with van der Waals surface area (Å²) in [6, 6.07) is 17.0. The maximum absolute atomic E-state index is 5.43. The molecule has 0 fully saturated rings. The summed E-state index contributed by atoms with van der Waals surface area (Å²) in [5.41, 5.74) is 4.92. The Balaban J connectivity index is 1.84. The van der Waals surface area contributed by atoms with Gasteiger partial charge in [-0.25, -0.2) is 0 Å². The van der Waals surface area contributed by atoms with E-state index in [1.54, 1.807) is 0 Å². The van der Waals surface area contributed by atoms with E-state index in [2.05, 4.69) is 79.9 Å². The second-order valence-corrected chi connectivity index (χ2v) is 6.58. The highest BCUT2D eigenvalue weighted by molar-refractivity contribution is 7.80. The van der Waals surface area contributed by atoms with Crippen molar-refractivity contribution in [2.75, 3.05) is 11.9 Å². The van der Waals surface area contributed by atoms with Crippen molar-refractivity contribution in [3.8, 4) is 0 Å². The molecule has 0 aliphatic heterocycles. The number of rotatable bonds is 6. The number of anilines is 1. The lowest BCUT2D eigenvalue weighted by atomic mass is 9.97. The maximum Gasteiger partial charge on any atom is 0.170 e. The molecule has 0 amide bonds. The first-order chi connectivity index (χ1) is 11.1. The van der Waals surface area contributed by atoms with Crippen LogP contribution < -0.4 is 10.6 Å². The largest absolute Gasteiger partial charge is 0.362 e. The van der Waals surface area contributed by atoms with Gasteiger partial charge in [0.15, 0.2) is 5.11 Å². The van der Waals surface area contributed by atoms with Crippen molar-refractivity contribution in [2.45, 2.75) is 33.6 Å². The third-order valence-corrected chi connectivity index (χ3v) is 4.22. The predicted molar refractivity (Wildman–Crippen MR) is 104 cm³/mol. The van der Waals surface area contributed by atoms with Gasteiger partial charge in [0, 0.05) is 12.2 Å². The monoisotopic (exact) mass is 326 g/mol. The molecule has 0 unspecified atom stereocenters. The van der Waals surface area contributed by atoms with Gasteiger partial charge in [-0.2, -0.15) is 0 Å². The quantitative estimate of drug-likeness (QED) is 0.741. The van der Waals surface area contributed by atoms with Gasteiger partial charge in [-0.1, -0.05) is 49.7 Å². The van der Waals surface area contributed by atoms with E-state index in [1.165, 1.54) is 16.7 Å². The van der Waals surface area contributed by atoms with Crippen LogP contribution in [0.1, 0.15) is 30.0 Å². The van der Waals surface area contributed by atoms with Crippen molar-refractivity contribution < 1.29 is 0 Å². The molecule has 0 aromatic heterocycles. The van der Waals surface area contributed by atoms with Crippen LogP contribution in [0, 0.1) is 19.8 Å². The van der Waals surface area contributed by atoms with Crippen molar-refractivity contribution in [2.24, 2.45) is 5.92 Å². The Hall–Kier alpha value is -1.87. The Kier molecular flexibility index (Phi) is 6.60. The summed E-state index contributed by atoms with van der Waals surface area (Å²) in [4.78, 5) is 0. The molecule has 0 spiro atoms. The fourth-order valence-electron chi connectivity index (χ4n) is 2.77. The molecule has 3 heteroatoms. The summed E-state index contributed by atoms with van der Waals surface area (Å²) in [6.45, 7) is 7.32. The lowest BCUT2D eigenvalue weighted by Crippen LogP contribution is -2.33. The van der Waals surface area contributed by atoms with Crippen LogP contribution in [0.25, 0.3) is 0 Å². The Labute approximate surface area is 145 Å². The number of hydrogen-bond acceptors (Lipinski definition) is 1. The minimum absolute atomic E-state index is 0.580. The van der Waals surface area contributed by atoms with Crippen molar-refractivity contribution in [1.82, 2.24) is 5.32 Å². The zero-order valence-electron chi connectivity index (χ0n) is 14.2. The molecule has 2 N–H and O–H groups in total. The van der Waals surface area contributed by atoms with Crippen LogP contribution in [0.2, 0.25) is 0 Å². The van der Waals surface area contributed by atoms with E-state index in [0.29, 0.717) is 11.0 Å². The van der Waals surface area contributed by atoms with E-state index in [0.717, 1.165) is 25.1 Å². The normalized spacial score (nSPS) is 11.8. The molecule has 0 heterocycles. The first-order valence-electron chi connectivity index (χ1n) is 8.24. The van der Waals surface area contributed by atoms with E-state index in [9.17, 15) is 0 Å². The Morgan fingerprint density at radius 1 is 1.04 bits per heavy atom. The molecular formula is C20H26N2S. The van der Waals surface area contributed by atoms with Gasteiger partial charge in [0.25, 0.3) is 0 Å². The summed E-state index contributed by atoms with van der Waals surface area (Å²) >= 11 is 5.43. The van der Waals surface area contributed by atoms with Gasteiger partial charge in [-0.05, 0) is 67.2 Å². The zero-order chi connectivity index (χ0) is 16.7. The topological polar surface area (TPSA) is 24.1 Å². The molecule has 2 aromatic carbocycles. The van der Waals surface area contributed by atoms with Gasteiger partial charge in [-0.3, -0.25) is 0 Å². The van der Waals surface area contributed by atoms with Crippen molar-refractivity contribution in [3.05, 3.63) is 65.2 Å². The van der Waals surface area contributed by atoms with E-state index < -0.39 is 0 Å². The molecule has 2 rings (SSSR count). The summed E-state index contributed by atoms with van der Waals surface area (Å²) < 4.78 is 0. The highest BCUT2D eigenvalue weighted by atomic mass is 32.1. The minimum atomic E-state index is 0.580. The van der Waals surface area contributed by atoms with Crippen molar-refractivity contribution in [1.29, 1.82) is 0 Å². The molecule has 23 heavy (non-hydrogen) atoms. The molecule has 122 valence electrons. The molecule has 0 bridgehead atoms. The molecule has 0 aliphatic rings. The Morgan fingerprint density at radius 3 is 2.30 bits per heavy atom. The van der Waals surface area contributed by atoms with Gasteiger partial charge >= 0.3 is 0 Å². The second-order valence-electron chi connectivity index (χ2n) is 6.18. The highest BCUT2D eigenvalue weighted by Crippen LogP contribution is 2.14. The summed E-state index contributed by atoms with van der Waals surface area (Å²) in [5.74, 6) is 0.580. The average Bonchev–Trinajstić information content (AvgIpc) is 2.51. The Morgan fingerprint density at radius 2 is 1.70 bits per heavy atom. The van der Waals surface area contributed by atoms with E-state index in [-0.39, 0.29) is 0 Å². The highest BCUT2D eigenvalue weighted by Gasteiger charge is 2.08. The SMILES string of the molecule is CC[C@@H](CNC(=S)Nc1cc(C)cc(C)c1)Cc1ccccc1. The third kappa shape index (κ3) is 6.03. The minimum Gasteiger partial charge on any atom is -0.362 e. The van der Waals surface area contributed by atoms with Gasteiger partial charge in [0.2, 0.25) is 0 Å². The molecule has 2 nitrogen and oxygen atoms in total. The molecule has 0 aliphatic carbocycles. The first kappa shape index (κ1) is 17.5. The zero-order valence-corrected chi connectivity index (χ0v) is 15.0. The van der Waals surface area contributed by atoms with Crippen molar-refractivity contribution in [3.63, 3.8) is 0 Å². The average molecular weight is 327 g/mol. The van der Waals surface area contributed by atoms with Crippen LogP contribution in [0.3, 0.4) is 0 Å². The van der Waals surface area contributed by atoms with Crippen molar-refractivity contribution >= 4 is 23.0 Å². The summed E-state index contributed by atoms with van der Waals surface area (Å²) in [5, 5.41) is 7.34. The fraction of sp³-hybridized carbons (Fsp3) is 0.350. The van der Waals surface area contributed by atoms with Crippen LogP contribution in [0.15, 0.2) is 48.5 Å². The van der Waals surface area contributed by atoms with E-state index in [4.69, 9.17) is 12.2 Å². The molecule has 1 atom stereocenters. The third-order valence-electron chi connectivity index (χ3n) is 3.98. The van der Waals surface area contributed by atoms with Gasteiger partial charge in [0.1, 0.15) is 0 Å².